The first-order valence-corrected chi connectivity index (χ1v) is 6.32. The summed E-state index contributed by atoms with van der Waals surface area (Å²) >= 11 is 0. The molecular formula is C13H19N3. The number of rotatable bonds is 0. The van der Waals surface area contributed by atoms with Crippen LogP contribution < -0.4 is 10.2 Å². The molecule has 2 aliphatic rings. The van der Waals surface area contributed by atoms with Crippen molar-refractivity contribution >= 4 is 11.5 Å². The van der Waals surface area contributed by atoms with Gasteiger partial charge in [0.2, 0.25) is 0 Å². The van der Waals surface area contributed by atoms with E-state index in [-0.39, 0.29) is 0 Å². The second-order valence-electron chi connectivity index (χ2n) is 4.96. The highest BCUT2D eigenvalue weighted by Gasteiger charge is 2.27. The van der Waals surface area contributed by atoms with Crippen molar-refractivity contribution in [3.05, 3.63) is 17.8 Å². The molecule has 1 aromatic rings. The van der Waals surface area contributed by atoms with Gasteiger partial charge in [0.05, 0.1) is 5.69 Å². The fourth-order valence-electron chi connectivity index (χ4n) is 2.82. The number of nitrogens with zero attached hydrogens (tertiary/aromatic N) is 2. The van der Waals surface area contributed by atoms with Gasteiger partial charge in [-0.15, -0.1) is 0 Å². The van der Waals surface area contributed by atoms with Crippen molar-refractivity contribution in [2.45, 2.75) is 38.6 Å². The molecule has 16 heavy (non-hydrogen) atoms. The van der Waals surface area contributed by atoms with Crippen molar-refractivity contribution in [3.63, 3.8) is 0 Å². The summed E-state index contributed by atoms with van der Waals surface area (Å²) in [6.45, 7) is 4.36. The van der Waals surface area contributed by atoms with E-state index in [9.17, 15) is 0 Å². The summed E-state index contributed by atoms with van der Waals surface area (Å²) < 4.78 is 0. The van der Waals surface area contributed by atoms with Gasteiger partial charge in [-0.3, -0.25) is 0 Å². The Morgan fingerprint density at radius 1 is 1.38 bits per heavy atom. The van der Waals surface area contributed by atoms with Crippen LogP contribution in [0.4, 0.5) is 11.5 Å². The van der Waals surface area contributed by atoms with Crippen molar-refractivity contribution in [1.29, 1.82) is 0 Å². The van der Waals surface area contributed by atoms with E-state index in [1.807, 2.05) is 6.20 Å². The van der Waals surface area contributed by atoms with Gasteiger partial charge in [0.25, 0.3) is 0 Å². The lowest BCUT2D eigenvalue weighted by Crippen LogP contribution is -2.44. The summed E-state index contributed by atoms with van der Waals surface area (Å²) in [6.07, 6.45) is 7.33. The van der Waals surface area contributed by atoms with Crippen LogP contribution in [0.3, 0.4) is 0 Å². The highest BCUT2D eigenvalue weighted by molar-refractivity contribution is 5.69. The van der Waals surface area contributed by atoms with Crippen LogP contribution in [0.5, 0.6) is 0 Å². The number of nitrogens with one attached hydrogen (secondary N) is 1. The quantitative estimate of drug-likeness (QED) is 0.724. The Kier molecular flexibility index (Phi) is 2.46. The lowest BCUT2D eigenvalue weighted by molar-refractivity contribution is 0.577. The van der Waals surface area contributed by atoms with Crippen molar-refractivity contribution in [3.8, 4) is 0 Å². The predicted octanol–water partition coefficient (Wildman–Crippen LogP) is 2.56. The van der Waals surface area contributed by atoms with E-state index in [4.69, 9.17) is 0 Å². The Morgan fingerprint density at radius 3 is 3.25 bits per heavy atom. The molecule has 0 radical (unpaired) electrons. The van der Waals surface area contributed by atoms with E-state index >= 15 is 0 Å². The smallest absolute Gasteiger partial charge is 0.152 e. The van der Waals surface area contributed by atoms with Crippen molar-refractivity contribution in [2.24, 2.45) is 0 Å². The second-order valence-corrected chi connectivity index (χ2v) is 4.96. The molecule has 1 unspecified atom stereocenters. The first-order valence-electron chi connectivity index (χ1n) is 6.32. The van der Waals surface area contributed by atoms with E-state index in [0.29, 0.717) is 6.04 Å². The third kappa shape index (κ3) is 1.64. The summed E-state index contributed by atoms with van der Waals surface area (Å²) in [5.74, 6) is 1.17. The molecule has 1 aromatic heterocycles. The molecule has 0 aromatic carbocycles. The molecule has 3 heterocycles. The molecule has 3 heteroatoms. The molecule has 0 saturated carbocycles. The number of anilines is 2. The largest absolute Gasteiger partial charge is 0.380 e. The Hall–Kier alpha value is -1.25. The van der Waals surface area contributed by atoms with Gasteiger partial charge in [-0.05, 0) is 31.4 Å². The minimum Gasteiger partial charge on any atom is -0.380 e. The zero-order valence-corrected chi connectivity index (χ0v) is 9.87. The monoisotopic (exact) mass is 217 g/mol. The fourth-order valence-corrected chi connectivity index (χ4v) is 2.82. The molecule has 3 rings (SSSR count). The second kappa shape index (κ2) is 3.96. The van der Waals surface area contributed by atoms with Crippen LogP contribution in [0.25, 0.3) is 0 Å². The van der Waals surface area contributed by atoms with E-state index in [0.717, 1.165) is 6.54 Å². The van der Waals surface area contributed by atoms with Crippen molar-refractivity contribution < 1.29 is 0 Å². The molecule has 0 bridgehead atoms. The lowest BCUT2D eigenvalue weighted by Gasteiger charge is -2.37. The van der Waals surface area contributed by atoms with Gasteiger partial charge < -0.3 is 10.2 Å². The normalized spacial score (nSPS) is 24.1. The predicted molar refractivity (Wildman–Crippen MR) is 67.1 cm³/mol. The van der Waals surface area contributed by atoms with E-state index < -0.39 is 0 Å². The Morgan fingerprint density at radius 2 is 2.31 bits per heavy atom. The first-order chi connectivity index (χ1) is 7.84. The standard InChI is InChI=1S/C13H19N3/c1-10-7-12-13(15-8-10)16-6-4-2-3-5-11(16)9-14-12/h7-8,11,14H,2-6,9H2,1H3. The van der Waals surface area contributed by atoms with Crippen LogP contribution in [0.2, 0.25) is 0 Å². The van der Waals surface area contributed by atoms with Crippen LogP contribution in [-0.4, -0.2) is 24.1 Å². The Balaban J connectivity index is 1.97. The van der Waals surface area contributed by atoms with Crippen LogP contribution >= 0.6 is 0 Å². The van der Waals surface area contributed by atoms with Gasteiger partial charge in [-0.1, -0.05) is 12.8 Å². The van der Waals surface area contributed by atoms with Gasteiger partial charge in [0.15, 0.2) is 5.82 Å². The molecule has 3 nitrogen and oxygen atoms in total. The van der Waals surface area contributed by atoms with Crippen LogP contribution in [0.15, 0.2) is 12.3 Å². The van der Waals surface area contributed by atoms with Crippen molar-refractivity contribution in [2.75, 3.05) is 23.3 Å². The number of aryl methyl sites for hydroxylation is 1. The van der Waals surface area contributed by atoms with Crippen molar-refractivity contribution in [1.82, 2.24) is 4.98 Å². The third-order valence-corrected chi connectivity index (χ3v) is 3.68. The number of hydrogen-bond donors (Lipinski definition) is 1. The van der Waals surface area contributed by atoms with E-state index in [1.165, 1.54) is 49.3 Å². The van der Waals surface area contributed by atoms with Gasteiger partial charge in [-0.25, -0.2) is 4.98 Å². The molecule has 86 valence electrons. The number of hydrogen-bond acceptors (Lipinski definition) is 3. The van der Waals surface area contributed by atoms with Gasteiger partial charge in [0.1, 0.15) is 0 Å². The molecule has 0 aliphatic carbocycles. The Bertz CT molecular complexity index is 389. The summed E-state index contributed by atoms with van der Waals surface area (Å²) in [7, 11) is 0. The molecule has 1 saturated heterocycles. The minimum absolute atomic E-state index is 0.658. The van der Waals surface area contributed by atoms with E-state index in [1.54, 1.807) is 0 Å². The first kappa shape index (κ1) is 9.94. The highest BCUT2D eigenvalue weighted by Crippen LogP contribution is 2.33. The maximum Gasteiger partial charge on any atom is 0.152 e. The summed E-state index contributed by atoms with van der Waals surface area (Å²) in [5.41, 5.74) is 2.46. The van der Waals surface area contributed by atoms with Gasteiger partial charge in [0, 0.05) is 25.3 Å². The number of fused-ring (bicyclic) bond motifs is 3. The summed E-state index contributed by atoms with van der Waals surface area (Å²) in [6, 6.07) is 2.87. The molecule has 1 N–H and O–H groups in total. The average molecular weight is 217 g/mol. The summed E-state index contributed by atoms with van der Waals surface area (Å²) in [4.78, 5) is 7.12. The molecule has 0 amide bonds. The van der Waals surface area contributed by atoms with Gasteiger partial charge in [-0.2, -0.15) is 0 Å². The van der Waals surface area contributed by atoms with Crippen LogP contribution in [-0.2, 0) is 0 Å². The fraction of sp³-hybridized carbons (Fsp3) is 0.615. The molecule has 1 atom stereocenters. The maximum absolute atomic E-state index is 4.61. The number of aromatic nitrogens is 1. The third-order valence-electron chi connectivity index (χ3n) is 3.68. The van der Waals surface area contributed by atoms with E-state index in [2.05, 4.69) is 28.2 Å². The van der Waals surface area contributed by atoms with Gasteiger partial charge >= 0.3 is 0 Å². The lowest BCUT2D eigenvalue weighted by atomic mass is 10.1. The zero-order valence-electron chi connectivity index (χ0n) is 9.87. The maximum atomic E-state index is 4.61. The highest BCUT2D eigenvalue weighted by atomic mass is 15.3. The van der Waals surface area contributed by atoms with Crippen LogP contribution in [0, 0.1) is 6.92 Å². The average Bonchev–Trinajstić information content (AvgIpc) is 2.53. The SMILES string of the molecule is Cc1cnc2c(c1)NCC1CCCCCN21. The molecular weight excluding hydrogens is 198 g/mol. The Labute approximate surface area is 96.9 Å². The molecule has 2 aliphatic heterocycles. The zero-order chi connectivity index (χ0) is 11.0. The summed E-state index contributed by atoms with van der Waals surface area (Å²) in [5, 5.41) is 3.53. The minimum atomic E-state index is 0.658. The number of pyridine rings is 1. The topological polar surface area (TPSA) is 28.2 Å². The molecule has 1 fully saturated rings. The van der Waals surface area contributed by atoms with Crippen LogP contribution in [0.1, 0.15) is 31.2 Å². The molecule has 0 spiro atoms.